The van der Waals surface area contributed by atoms with E-state index in [0.29, 0.717) is 10.4 Å². The maximum absolute atomic E-state index is 12.2. The quantitative estimate of drug-likeness (QED) is 0.904. The Balaban J connectivity index is 1.83. The lowest BCUT2D eigenvalue weighted by Crippen LogP contribution is -2.22. The van der Waals surface area contributed by atoms with Crippen molar-refractivity contribution in [1.82, 2.24) is 9.97 Å². The van der Waals surface area contributed by atoms with E-state index in [9.17, 15) is 4.79 Å². The van der Waals surface area contributed by atoms with E-state index in [-0.39, 0.29) is 11.7 Å². The molecule has 6 nitrogen and oxygen atoms in total. The van der Waals surface area contributed by atoms with Crippen LogP contribution in [0.2, 0.25) is 0 Å². The topological polar surface area (TPSA) is 71.3 Å². The first-order chi connectivity index (χ1) is 10.5. The molecule has 116 valence electrons. The highest BCUT2D eigenvalue weighted by Gasteiger charge is 2.19. The van der Waals surface area contributed by atoms with Crippen molar-refractivity contribution >= 4 is 33.5 Å². The van der Waals surface area contributed by atoms with Gasteiger partial charge in [0.1, 0.15) is 0 Å². The lowest BCUT2D eigenvalue weighted by atomic mass is 10.2. The molecule has 0 radical (unpaired) electrons. The van der Waals surface area contributed by atoms with Gasteiger partial charge >= 0.3 is 0 Å². The van der Waals surface area contributed by atoms with Gasteiger partial charge < -0.3 is 14.6 Å². The number of rotatable bonds is 3. The van der Waals surface area contributed by atoms with Crippen molar-refractivity contribution in [3.05, 3.63) is 34.0 Å². The second-order valence-electron chi connectivity index (χ2n) is 5.32. The lowest BCUT2D eigenvalue weighted by Gasteiger charge is -2.18. The number of nitrogens with one attached hydrogen (secondary N) is 1. The zero-order valence-corrected chi connectivity index (χ0v) is 14.1. The molecule has 0 aliphatic carbocycles. The number of nitrogens with zero attached hydrogens (tertiary/aromatic N) is 3. The summed E-state index contributed by atoms with van der Waals surface area (Å²) in [5.41, 5.74) is 2.15. The van der Waals surface area contributed by atoms with Gasteiger partial charge in [-0.25, -0.2) is 9.97 Å². The van der Waals surface area contributed by atoms with Crippen LogP contribution in [0.3, 0.4) is 0 Å². The van der Waals surface area contributed by atoms with Crippen molar-refractivity contribution < 1.29 is 9.21 Å². The summed E-state index contributed by atoms with van der Waals surface area (Å²) in [5, 5.41) is 2.83. The van der Waals surface area contributed by atoms with Crippen LogP contribution in [0.25, 0.3) is 0 Å². The van der Waals surface area contributed by atoms with Crippen molar-refractivity contribution in [3.8, 4) is 0 Å². The van der Waals surface area contributed by atoms with Gasteiger partial charge in [0.2, 0.25) is 5.95 Å². The van der Waals surface area contributed by atoms with Gasteiger partial charge in [-0.1, -0.05) is 0 Å². The molecule has 22 heavy (non-hydrogen) atoms. The molecular formula is C15H17BrN4O2. The smallest absolute Gasteiger partial charge is 0.291 e. The van der Waals surface area contributed by atoms with Crippen LogP contribution in [-0.4, -0.2) is 29.0 Å². The Morgan fingerprint density at radius 1 is 1.23 bits per heavy atom. The van der Waals surface area contributed by atoms with Gasteiger partial charge in [-0.05, 0) is 54.8 Å². The second-order valence-corrected chi connectivity index (χ2v) is 6.10. The minimum atomic E-state index is -0.311. The summed E-state index contributed by atoms with van der Waals surface area (Å²) in [6.45, 7) is 5.74. The fourth-order valence-corrected chi connectivity index (χ4v) is 2.86. The summed E-state index contributed by atoms with van der Waals surface area (Å²) in [6.07, 6.45) is 2.35. The van der Waals surface area contributed by atoms with Crippen LogP contribution in [0.4, 0.5) is 11.6 Å². The Morgan fingerprint density at radius 2 is 1.86 bits per heavy atom. The minimum Gasteiger partial charge on any atom is -0.444 e. The number of anilines is 2. The average Bonchev–Trinajstić information content (AvgIpc) is 3.13. The maximum Gasteiger partial charge on any atom is 0.291 e. The predicted octanol–water partition coefficient (Wildman–Crippen LogP) is 3.30. The zero-order chi connectivity index (χ0) is 15.7. The van der Waals surface area contributed by atoms with Crippen LogP contribution in [0, 0.1) is 13.8 Å². The molecule has 1 aliphatic heterocycles. The second kappa shape index (κ2) is 6.08. The molecule has 0 bridgehead atoms. The molecule has 3 heterocycles. The summed E-state index contributed by atoms with van der Waals surface area (Å²) in [7, 11) is 0. The Kier molecular flexibility index (Phi) is 4.15. The minimum absolute atomic E-state index is 0.245. The first kappa shape index (κ1) is 15.0. The normalized spacial score (nSPS) is 14.4. The Hall–Kier alpha value is -1.89. The number of halogens is 1. The monoisotopic (exact) mass is 364 g/mol. The van der Waals surface area contributed by atoms with Crippen molar-refractivity contribution in [1.29, 1.82) is 0 Å². The maximum atomic E-state index is 12.2. The number of aryl methyl sites for hydroxylation is 2. The van der Waals surface area contributed by atoms with Gasteiger partial charge in [-0.3, -0.25) is 4.79 Å². The van der Waals surface area contributed by atoms with E-state index in [1.165, 1.54) is 12.8 Å². The third-order valence-corrected chi connectivity index (χ3v) is 4.11. The van der Waals surface area contributed by atoms with Crippen LogP contribution in [0.1, 0.15) is 34.8 Å². The van der Waals surface area contributed by atoms with Crippen LogP contribution in [-0.2, 0) is 0 Å². The number of furan rings is 1. The first-order valence-corrected chi connectivity index (χ1v) is 8.01. The van der Waals surface area contributed by atoms with E-state index in [1.54, 1.807) is 12.1 Å². The number of carbonyl (C=O) groups excluding carboxylic acids is 1. The highest BCUT2D eigenvalue weighted by atomic mass is 79.9. The zero-order valence-electron chi connectivity index (χ0n) is 12.5. The third kappa shape index (κ3) is 2.99. The molecule has 0 spiro atoms. The van der Waals surface area contributed by atoms with Gasteiger partial charge in [-0.15, -0.1) is 0 Å². The molecule has 1 fully saturated rings. The molecule has 2 aromatic rings. The van der Waals surface area contributed by atoms with Crippen LogP contribution in [0.15, 0.2) is 21.2 Å². The van der Waals surface area contributed by atoms with Gasteiger partial charge in [0, 0.05) is 13.1 Å². The van der Waals surface area contributed by atoms with E-state index in [0.717, 1.165) is 30.4 Å². The molecule has 0 atom stereocenters. The van der Waals surface area contributed by atoms with Crippen molar-refractivity contribution in [2.75, 3.05) is 23.3 Å². The lowest BCUT2D eigenvalue weighted by molar-refractivity contribution is 0.0995. The number of amides is 1. The van der Waals surface area contributed by atoms with Crippen molar-refractivity contribution in [2.24, 2.45) is 0 Å². The van der Waals surface area contributed by atoms with Crippen LogP contribution >= 0.6 is 15.9 Å². The molecule has 1 N–H and O–H groups in total. The molecule has 1 aliphatic rings. The SMILES string of the molecule is Cc1nc(N2CCCC2)nc(C)c1NC(=O)c1ccc(Br)o1. The van der Waals surface area contributed by atoms with E-state index in [2.05, 4.69) is 36.1 Å². The largest absolute Gasteiger partial charge is 0.444 e. The van der Waals surface area contributed by atoms with Crippen LogP contribution < -0.4 is 10.2 Å². The van der Waals surface area contributed by atoms with Crippen molar-refractivity contribution in [2.45, 2.75) is 26.7 Å². The van der Waals surface area contributed by atoms with Crippen molar-refractivity contribution in [3.63, 3.8) is 0 Å². The molecule has 1 amide bonds. The Bertz CT molecular complexity index is 684. The van der Waals surface area contributed by atoms with Gasteiger partial charge in [-0.2, -0.15) is 0 Å². The Labute approximate surface area is 137 Å². The Morgan fingerprint density at radius 3 is 2.41 bits per heavy atom. The van der Waals surface area contributed by atoms with Crippen LogP contribution in [0.5, 0.6) is 0 Å². The van der Waals surface area contributed by atoms with E-state index >= 15 is 0 Å². The highest BCUT2D eigenvalue weighted by Crippen LogP contribution is 2.24. The van der Waals surface area contributed by atoms with E-state index in [4.69, 9.17) is 4.42 Å². The molecular weight excluding hydrogens is 348 g/mol. The average molecular weight is 365 g/mol. The summed E-state index contributed by atoms with van der Waals surface area (Å²) < 4.78 is 5.78. The molecule has 1 saturated heterocycles. The number of carbonyl (C=O) groups is 1. The van der Waals surface area contributed by atoms with E-state index < -0.39 is 0 Å². The fraction of sp³-hybridized carbons (Fsp3) is 0.400. The molecule has 3 rings (SSSR count). The van der Waals surface area contributed by atoms with E-state index in [1.807, 2.05) is 13.8 Å². The molecule has 0 unspecified atom stereocenters. The van der Waals surface area contributed by atoms with Gasteiger partial charge in [0.25, 0.3) is 5.91 Å². The molecule has 0 aromatic carbocycles. The predicted molar refractivity (Wildman–Crippen MR) is 87.3 cm³/mol. The summed E-state index contributed by atoms with van der Waals surface area (Å²) in [5.74, 6) is 0.676. The van der Waals surface area contributed by atoms with Gasteiger partial charge in [0.15, 0.2) is 10.4 Å². The summed E-state index contributed by atoms with van der Waals surface area (Å²) in [4.78, 5) is 23.4. The first-order valence-electron chi connectivity index (χ1n) is 7.21. The number of aromatic nitrogens is 2. The summed E-state index contributed by atoms with van der Waals surface area (Å²) in [6, 6.07) is 3.30. The third-order valence-electron chi connectivity index (χ3n) is 3.68. The number of hydrogen-bond acceptors (Lipinski definition) is 5. The fourth-order valence-electron chi connectivity index (χ4n) is 2.55. The number of hydrogen-bond donors (Lipinski definition) is 1. The summed E-state index contributed by atoms with van der Waals surface area (Å²) >= 11 is 3.19. The molecule has 7 heteroatoms. The molecule has 0 saturated carbocycles. The van der Waals surface area contributed by atoms with Gasteiger partial charge in [0.05, 0.1) is 17.1 Å². The standard InChI is InChI=1S/C15H17BrN4O2/c1-9-13(19-14(21)11-5-6-12(16)22-11)10(2)18-15(17-9)20-7-3-4-8-20/h5-6H,3-4,7-8H2,1-2H3,(H,19,21). The molecule has 2 aromatic heterocycles. The highest BCUT2D eigenvalue weighted by molar-refractivity contribution is 9.10.